The number of benzene rings is 1. The van der Waals surface area contributed by atoms with Crippen LogP contribution < -0.4 is 4.72 Å². The normalized spacial score (nSPS) is 28.4. The summed E-state index contributed by atoms with van der Waals surface area (Å²) in [6.07, 6.45) is 0.0711. The number of hydrogen-bond acceptors (Lipinski definition) is 4. The summed E-state index contributed by atoms with van der Waals surface area (Å²) >= 11 is 0. The highest BCUT2D eigenvalue weighted by Gasteiger charge is 2.40. The molecule has 6 heteroatoms. The Hall–Kier alpha value is -0.950. The van der Waals surface area contributed by atoms with Crippen molar-refractivity contribution >= 4 is 10.0 Å². The van der Waals surface area contributed by atoms with Crippen molar-refractivity contribution < 1.29 is 18.3 Å². The lowest BCUT2D eigenvalue weighted by atomic mass is 9.97. The molecule has 100 valence electrons. The molecule has 1 saturated heterocycles. The maximum absolute atomic E-state index is 12.0. The molecule has 2 atom stereocenters. The number of ether oxygens (including phenoxy) is 1. The van der Waals surface area contributed by atoms with Crippen molar-refractivity contribution in [2.45, 2.75) is 29.9 Å². The second kappa shape index (κ2) is 4.97. The first kappa shape index (κ1) is 13.5. The predicted octanol–water partition coefficient (Wildman–Crippen LogP) is 0.505. The van der Waals surface area contributed by atoms with Crippen LogP contribution in [0.15, 0.2) is 35.2 Å². The second-order valence-corrected chi connectivity index (χ2v) is 6.27. The molecule has 0 amide bonds. The molecular formula is C12H17NO4S. The number of sulfonamides is 1. The van der Waals surface area contributed by atoms with E-state index >= 15 is 0 Å². The van der Waals surface area contributed by atoms with Gasteiger partial charge in [0.2, 0.25) is 10.0 Å². The van der Waals surface area contributed by atoms with Crippen LogP contribution in [0.2, 0.25) is 0 Å². The van der Waals surface area contributed by atoms with Crippen LogP contribution in [0.5, 0.6) is 0 Å². The molecule has 0 aliphatic carbocycles. The van der Waals surface area contributed by atoms with Crippen molar-refractivity contribution in [1.82, 2.24) is 4.72 Å². The summed E-state index contributed by atoms with van der Waals surface area (Å²) < 4.78 is 31.6. The third kappa shape index (κ3) is 2.72. The Balaban J connectivity index is 2.06. The van der Waals surface area contributed by atoms with Crippen LogP contribution in [0.3, 0.4) is 0 Å². The molecule has 0 spiro atoms. The number of rotatable bonds is 4. The third-order valence-corrected chi connectivity index (χ3v) is 4.70. The summed E-state index contributed by atoms with van der Waals surface area (Å²) in [4.78, 5) is 0.195. The van der Waals surface area contributed by atoms with Crippen LogP contribution in [0.1, 0.15) is 13.3 Å². The van der Waals surface area contributed by atoms with Crippen LogP contribution >= 0.6 is 0 Å². The van der Waals surface area contributed by atoms with E-state index in [-0.39, 0.29) is 17.5 Å². The molecule has 1 aliphatic heterocycles. The van der Waals surface area contributed by atoms with Gasteiger partial charge in [-0.1, -0.05) is 18.2 Å². The third-order valence-electron chi connectivity index (χ3n) is 3.28. The minimum absolute atomic E-state index is 0.0363. The van der Waals surface area contributed by atoms with Gasteiger partial charge in [0.15, 0.2) is 0 Å². The SMILES string of the molecule is CC1OCCC1(O)CNS(=O)(=O)c1ccccc1. The van der Waals surface area contributed by atoms with E-state index in [0.29, 0.717) is 13.0 Å². The van der Waals surface area contributed by atoms with Crippen LogP contribution in [-0.2, 0) is 14.8 Å². The maximum Gasteiger partial charge on any atom is 0.240 e. The van der Waals surface area contributed by atoms with E-state index in [1.807, 2.05) is 0 Å². The number of hydrogen-bond donors (Lipinski definition) is 2. The summed E-state index contributed by atoms with van der Waals surface area (Å²) in [6.45, 7) is 2.15. The smallest absolute Gasteiger partial charge is 0.240 e. The summed E-state index contributed by atoms with van der Waals surface area (Å²) in [5.41, 5.74) is -1.12. The summed E-state index contributed by atoms with van der Waals surface area (Å²) in [6, 6.07) is 8.09. The highest BCUT2D eigenvalue weighted by Crippen LogP contribution is 2.25. The van der Waals surface area contributed by atoms with E-state index in [0.717, 1.165) is 0 Å². The molecule has 2 unspecified atom stereocenters. The minimum Gasteiger partial charge on any atom is -0.386 e. The molecule has 0 radical (unpaired) electrons. The lowest BCUT2D eigenvalue weighted by Crippen LogP contribution is -2.47. The van der Waals surface area contributed by atoms with Gasteiger partial charge >= 0.3 is 0 Å². The minimum atomic E-state index is -3.57. The van der Waals surface area contributed by atoms with E-state index < -0.39 is 15.6 Å². The lowest BCUT2D eigenvalue weighted by molar-refractivity contribution is -0.0228. The highest BCUT2D eigenvalue weighted by molar-refractivity contribution is 7.89. The summed E-state index contributed by atoms with van der Waals surface area (Å²) in [7, 11) is -3.57. The molecular weight excluding hydrogens is 254 g/mol. The molecule has 1 fully saturated rings. The molecule has 18 heavy (non-hydrogen) atoms. The summed E-state index contributed by atoms with van der Waals surface area (Å²) in [5, 5.41) is 10.2. The van der Waals surface area contributed by atoms with E-state index in [1.165, 1.54) is 12.1 Å². The topological polar surface area (TPSA) is 75.6 Å². The lowest BCUT2D eigenvalue weighted by Gasteiger charge is -2.26. The molecule has 1 aliphatic rings. The van der Waals surface area contributed by atoms with Gasteiger partial charge < -0.3 is 9.84 Å². The Labute approximate surface area is 107 Å². The number of nitrogens with one attached hydrogen (secondary N) is 1. The molecule has 2 rings (SSSR count). The van der Waals surface area contributed by atoms with Gasteiger partial charge in [-0.2, -0.15) is 0 Å². The molecule has 0 saturated carbocycles. The monoisotopic (exact) mass is 271 g/mol. The van der Waals surface area contributed by atoms with Crippen LogP contribution in [-0.4, -0.2) is 38.4 Å². The second-order valence-electron chi connectivity index (χ2n) is 4.50. The molecule has 1 aromatic carbocycles. The van der Waals surface area contributed by atoms with Gasteiger partial charge in [0.1, 0.15) is 5.60 Å². The zero-order valence-electron chi connectivity index (χ0n) is 10.2. The highest BCUT2D eigenvalue weighted by atomic mass is 32.2. The standard InChI is InChI=1S/C12H17NO4S/c1-10-12(14,7-8-17-10)9-13-18(15,16)11-5-3-2-4-6-11/h2-6,10,13-14H,7-9H2,1H3. The van der Waals surface area contributed by atoms with Gasteiger partial charge in [-0.05, 0) is 19.1 Å². The van der Waals surface area contributed by atoms with Crippen molar-refractivity contribution in [1.29, 1.82) is 0 Å². The van der Waals surface area contributed by atoms with Gasteiger partial charge in [0.25, 0.3) is 0 Å². The van der Waals surface area contributed by atoms with Gasteiger partial charge in [-0.3, -0.25) is 0 Å². The van der Waals surface area contributed by atoms with Gasteiger partial charge in [-0.25, -0.2) is 13.1 Å². The van der Waals surface area contributed by atoms with E-state index in [4.69, 9.17) is 4.74 Å². The van der Waals surface area contributed by atoms with Crippen LogP contribution in [0.4, 0.5) is 0 Å². The average molecular weight is 271 g/mol. The van der Waals surface area contributed by atoms with E-state index in [1.54, 1.807) is 25.1 Å². The van der Waals surface area contributed by atoms with Crippen LogP contribution in [0.25, 0.3) is 0 Å². The van der Waals surface area contributed by atoms with Gasteiger partial charge in [0, 0.05) is 19.6 Å². The van der Waals surface area contributed by atoms with E-state index in [9.17, 15) is 13.5 Å². The molecule has 5 nitrogen and oxygen atoms in total. The Morgan fingerprint density at radius 3 is 2.67 bits per heavy atom. The maximum atomic E-state index is 12.0. The van der Waals surface area contributed by atoms with E-state index in [2.05, 4.69) is 4.72 Å². The zero-order chi connectivity index (χ0) is 13.2. The quantitative estimate of drug-likeness (QED) is 0.836. The predicted molar refractivity (Wildman–Crippen MR) is 66.6 cm³/mol. The zero-order valence-corrected chi connectivity index (χ0v) is 11.0. The Bertz CT molecular complexity index is 502. The molecule has 0 aromatic heterocycles. The summed E-state index contributed by atoms with van der Waals surface area (Å²) in [5.74, 6) is 0. The van der Waals surface area contributed by atoms with Crippen molar-refractivity contribution in [2.75, 3.05) is 13.2 Å². The Morgan fingerprint density at radius 1 is 1.44 bits per heavy atom. The van der Waals surface area contributed by atoms with Crippen LogP contribution in [0, 0.1) is 0 Å². The largest absolute Gasteiger partial charge is 0.386 e. The molecule has 2 N–H and O–H groups in total. The Morgan fingerprint density at radius 2 is 2.11 bits per heavy atom. The first-order valence-electron chi connectivity index (χ1n) is 5.83. The van der Waals surface area contributed by atoms with Crippen molar-refractivity contribution in [2.24, 2.45) is 0 Å². The van der Waals surface area contributed by atoms with Crippen molar-refractivity contribution in [3.8, 4) is 0 Å². The first-order valence-corrected chi connectivity index (χ1v) is 7.31. The average Bonchev–Trinajstić information content (AvgIpc) is 2.69. The first-order chi connectivity index (χ1) is 8.44. The molecule has 1 heterocycles. The van der Waals surface area contributed by atoms with Crippen molar-refractivity contribution in [3.05, 3.63) is 30.3 Å². The molecule has 0 bridgehead atoms. The van der Waals surface area contributed by atoms with Gasteiger partial charge in [-0.15, -0.1) is 0 Å². The fraction of sp³-hybridized carbons (Fsp3) is 0.500. The molecule has 1 aromatic rings. The van der Waals surface area contributed by atoms with Gasteiger partial charge in [0.05, 0.1) is 11.0 Å². The fourth-order valence-corrected chi connectivity index (χ4v) is 3.03. The fourth-order valence-electron chi connectivity index (χ4n) is 1.91. The number of aliphatic hydroxyl groups is 1. The Kier molecular flexibility index (Phi) is 3.72. The van der Waals surface area contributed by atoms with Crippen molar-refractivity contribution in [3.63, 3.8) is 0 Å².